The molecule has 0 bridgehead atoms. The number of para-hydroxylation sites is 2. The van der Waals surface area contributed by atoms with Crippen molar-refractivity contribution in [3.63, 3.8) is 0 Å². The Morgan fingerprint density at radius 2 is 1.66 bits per heavy atom. The molecule has 2 heterocycles. The van der Waals surface area contributed by atoms with E-state index in [2.05, 4.69) is 10.3 Å². The van der Waals surface area contributed by atoms with Crippen molar-refractivity contribution in [2.24, 2.45) is 0 Å². The fourth-order valence-corrected chi connectivity index (χ4v) is 3.48. The molecular weight excluding hydrogens is 425 g/mol. The first-order chi connectivity index (χ1) is 15.4. The fraction of sp³-hybridized carbons (Fsp3) is 0.227. The number of carbonyl (C=O) groups is 2. The van der Waals surface area contributed by atoms with Gasteiger partial charge in [0, 0.05) is 31.7 Å². The number of halogens is 3. The summed E-state index contributed by atoms with van der Waals surface area (Å²) < 4.78 is 45.6. The molecule has 32 heavy (non-hydrogen) atoms. The lowest BCUT2D eigenvalue weighted by molar-refractivity contribution is -0.153. The molecule has 1 saturated heterocycles. The topological polar surface area (TPSA) is 78.7 Å². The van der Waals surface area contributed by atoms with E-state index in [0.717, 1.165) is 6.41 Å². The summed E-state index contributed by atoms with van der Waals surface area (Å²) in [6, 6.07) is 14.9. The molecule has 1 N–H and O–H groups in total. The molecule has 0 saturated carbocycles. The molecule has 0 atom stereocenters. The summed E-state index contributed by atoms with van der Waals surface area (Å²) in [5.74, 6) is -2.77. The zero-order valence-electron chi connectivity index (χ0n) is 16.8. The first-order valence-corrected chi connectivity index (χ1v) is 9.85. The number of piperazine rings is 1. The van der Waals surface area contributed by atoms with Gasteiger partial charge in [0.2, 0.25) is 18.1 Å². The summed E-state index contributed by atoms with van der Waals surface area (Å²) in [6.45, 7) is 2.07. The summed E-state index contributed by atoms with van der Waals surface area (Å²) in [5.41, 5.74) is 0.476. The van der Waals surface area contributed by atoms with Crippen LogP contribution < -0.4 is 10.2 Å². The molecule has 7 nitrogen and oxygen atoms in total. The zero-order valence-corrected chi connectivity index (χ0v) is 16.8. The molecule has 1 fully saturated rings. The zero-order chi connectivity index (χ0) is 22.7. The van der Waals surface area contributed by atoms with Crippen LogP contribution in [0.1, 0.15) is 16.2 Å². The fourth-order valence-electron chi connectivity index (χ4n) is 3.48. The lowest BCUT2D eigenvalue weighted by atomic mass is 10.2. The summed E-state index contributed by atoms with van der Waals surface area (Å²) >= 11 is 0. The van der Waals surface area contributed by atoms with E-state index >= 15 is 0 Å². The highest BCUT2D eigenvalue weighted by Gasteiger charge is 2.42. The van der Waals surface area contributed by atoms with Crippen molar-refractivity contribution in [2.75, 3.05) is 36.4 Å². The Hall–Kier alpha value is -3.82. The number of aromatic nitrogens is 1. The third-order valence-electron chi connectivity index (χ3n) is 5.08. The van der Waals surface area contributed by atoms with Crippen LogP contribution in [0.4, 0.5) is 24.5 Å². The van der Waals surface area contributed by atoms with Gasteiger partial charge >= 0.3 is 6.18 Å². The number of benzene rings is 2. The first-order valence-electron chi connectivity index (χ1n) is 9.85. The number of alkyl halides is 3. The van der Waals surface area contributed by atoms with Crippen molar-refractivity contribution in [3.05, 3.63) is 66.1 Å². The quantitative estimate of drug-likeness (QED) is 0.604. The Bertz CT molecular complexity index is 1110. The minimum absolute atomic E-state index is 0.290. The van der Waals surface area contributed by atoms with Gasteiger partial charge in [-0.2, -0.15) is 13.2 Å². The normalized spacial score (nSPS) is 14.3. The van der Waals surface area contributed by atoms with Gasteiger partial charge in [-0.05, 0) is 24.3 Å². The van der Waals surface area contributed by atoms with Crippen molar-refractivity contribution in [1.82, 2.24) is 9.88 Å². The minimum Gasteiger partial charge on any atom is -0.431 e. The van der Waals surface area contributed by atoms with E-state index < -0.39 is 23.5 Å². The molecule has 0 unspecified atom stereocenters. The predicted octanol–water partition coefficient (Wildman–Crippen LogP) is 3.89. The van der Waals surface area contributed by atoms with Gasteiger partial charge in [0.1, 0.15) is 0 Å². The number of oxazole rings is 1. The Labute approximate surface area is 181 Å². The lowest BCUT2D eigenvalue weighted by Gasteiger charge is -2.35. The third kappa shape index (κ3) is 4.43. The number of hydrogen-bond donors (Lipinski definition) is 1. The Morgan fingerprint density at radius 3 is 2.31 bits per heavy atom. The maximum atomic E-state index is 13.6. The molecule has 1 aromatic heterocycles. The van der Waals surface area contributed by atoms with E-state index in [1.165, 1.54) is 0 Å². The number of rotatable bonds is 5. The average molecular weight is 444 g/mol. The maximum absolute atomic E-state index is 13.6. The van der Waals surface area contributed by atoms with Gasteiger partial charge in [0.05, 0.1) is 11.4 Å². The second kappa shape index (κ2) is 8.74. The molecule has 0 aliphatic carbocycles. The van der Waals surface area contributed by atoms with E-state index in [-0.39, 0.29) is 5.89 Å². The van der Waals surface area contributed by atoms with Crippen LogP contribution in [0.3, 0.4) is 0 Å². The molecule has 3 aromatic rings. The molecule has 10 heteroatoms. The van der Waals surface area contributed by atoms with Gasteiger partial charge in [0.15, 0.2) is 5.69 Å². The molecule has 2 amide bonds. The predicted molar refractivity (Wildman–Crippen MR) is 111 cm³/mol. The van der Waals surface area contributed by atoms with Crippen molar-refractivity contribution in [2.45, 2.75) is 6.18 Å². The highest BCUT2D eigenvalue weighted by atomic mass is 19.4. The average Bonchev–Trinajstić information content (AvgIpc) is 3.27. The van der Waals surface area contributed by atoms with Crippen LogP contribution in [-0.2, 0) is 11.0 Å². The van der Waals surface area contributed by atoms with Crippen molar-refractivity contribution in [3.8, 4) is 11.5 Å². The van der Waals surface area contributed by atoms with E-state index in [4.69, 9.17) is 4.42 Å². The molecule has 0 spiro atoms. The molecule has 1 aliphatic rings. The Kier molecular flexibility index (Phi) is 5.85. The number of anilines is 2. The van der Waals surface area contributed by atoms with Gasteiger partial charge in [-0.15, -0.1) is 0 Å². The summed E-state index contributed by atoms with van der Waals surface area (Å²) in [4.78, 5) is 31.2. The second-order valence-electron chi connectivity index (χ2n) is 7.16. The van der Waals surface area contributed by atoms with E-state index in [9.17, 15) is 22.8 Å². The number of hydrogen-bond acceptors (Lipinski definition) is 5. The van der Waals surface area contributed by atoms with Crippen LogP contribution in [0.5, 0.6) is 0 Å². The Morgan fingerprint density at radius 1 is 1.00 bits per heavy atom. The van der Waals surface area contributed by atoms with E-state index in [1.807, 2.05) is 4.90 Å². The number of amides is 2. The molecule has 2 aromatic carbocycles. The molecule has 0 radical (unpaired) electrons. The Balaban J connectivity index is 1.62. The van der Waals surface area contributed by atoms with Crippen LogP contribution >= 0.6 is 0 Å². The number of nitrogens with zero attached hydrogens (tertiary/aromatic N) is 3. The monoisotopic (exact) mass is 444 g/mol. The van der Waals surface area contributed by atoms with Crippen LogP contribution in [0.2, 0.25) is 0 Å². The van der Waals surface area contributed by atoms with Gasteiger partial charge in [-0.3, -0.25) is 9.59 Å². The standard InChI is InChI=1S/C22H19F3N4O3/c23-22(24,25)19-18(27-21(32-19)15-6-2-1-3-7-15)20(31)26-16-8-4-5-9-17(16)29-12-10-28(14-30)11-13-29/h1-9,14H,10-13H2,(H,26,31). The SMILES string of the molecule is O=CN1CCN(c2ccccc2NC(=O)c2nc(-c3ccccc3)oc2C(F)(F)F)CC1. The van der Waals surface area contributed by atoms with Gasteiger partial charge in [-0.25, -0.2) is 4.98 Å². The van der Waals surface area contributed by atoms with Crippen LogP contribution in [0, 0.1) is 0 Å². The smallest absolute Gasteiger partial charge is 0.431 e. The van der Waals surface area contributed by atoms with Gasteiger partial charge in [0.25, 0.3) is 5.91 Å². The highest BCUT2D eigenvalue weighted by molar-refractivity contribution is 6.05. The lowest BCUT2D eigenvalue weighted by Crippen LogP contribution is -2.45. The minimum atomic E-state index is -4.89. The maximum Gasteiger partial charge on any atom is 0.452 e. The van der Waals surface area contributed by atoms with Gasteiger partial charge in [-0.1, -0.05) is 30.3 Å². The second-order valence-corrected chi connectivity index (χ2v) is 7.16. The van der Waals surface area contributed by atoms with E-state index in [0.29, 0.717) is 43.1 Å². The van der Waals surface area contributed by atoms with Crippen molar-refractivity contribution in [1.29, 1.82) is 0 Å². The molecule has 166 valence electrons. The summed E-state index contributed by atoms with van der Waals surface area (Å²) in [7, 11) is 0. The summed E-state index contributed by atoms with van der Waals surface area (Å²) in [6.07, 6.45) is -4.12. The number of carbonyl (C=O) groups excluding carboxylic acids is 2. The number of nitrogens with one attached hydrogen (secondary N) is 1. The van der Waals surface area contributed by atoms with Gasteiger partial charge < -0.3 is 19.5 Å². The van der Waals surface area contributed by atoms with Crippen LogP contribution in [0.15, 0.2) is 59.0 Å². The third-order valence-corrected chi connectivity index (χ3v) is 5.08. The molecule has 1 aliphatic heterocycles. The van der Waals surface area contributed by atoms with Crippen LogP contribution in [0.25, 0.3) is 11.5 Å². The highest BCUT2D eigenvalue weighted by Crippen LogP contribution is 2.36. The van der Waals surface area contributed by atoms with Crippen LogP contribution in [-0.4, -0.2) is 48.4 Å². The molecular formula is C22H19F3N4O3. The molecule has 4 rings (SSSR count). The first kappa shape index (κ1) is 21.4. The summed E-state index contributed by atoms with van der Waals surface area (Å²) in [5, 5.41) is 2.54. The largest absolute Gasteiger partial charge is 0.452 e. The van der Waals surface area contributed by atoms with E-state index in [1.54, 1.807) is 59.5 Å². The van der Waals surface area contributed by atoms with Crippen molar-refractivity contribution < 1.29 is 27.2 Å². The van der Waals surface area contributed by atoms with Crippen molar-refractivity contribution >= 4 is 23.7 Å².